The van der Waals surface area contributed by atoms with Gasteiger partial charge in [0.1, 0.15) is 0 Å². The minimum Gasteiger partial charge on any atom is -0.379 e. The van der Waals surface area contributed by atoms with Gasteiger partial charge in [-0.05, 0) is 17.7 Å². The van der Waals surface area contributed by atoms with Gasteiger partial charge >= 0.3 is 0 Å². The van der Waals surface area contributed by atoms with Gasteiger partial charge in [-0.3, -0.25) is 4.90 Å². The van der Waals surface area contributed by atoms with Gasteiger partial charge in [0.15, 0.2) is 0 Å². The van der Waals surface area contributed by atoms with Crippen LogP contribution in [0.3, 0.4) is 0 Å². The third-order valence-corrected chi connectivity index (χ3v) is 5.92. The van der Waals surface area contributed by atoms with Crippen LogP contribution in [-0.4, -0.2) is 51.1 Å². The minimum atomic E-state index is 0.257. The van der Waals surface area contributed by atoms with Crippen LogP contribution in [0.25, 0.3) is 21.3 Å². The predicted octanol–water partition coefficient (Wildman–Crippen LogP) is 3.31. The van der Waals surface area contributed by atoms with E-state index in [-0.39, 0.29) is 5.95 Å². The average molecular weight is 420 g/mol. The van der Waals surface area contributed by atoms with Crippen molar-refractivity contribution in [3.63, 3.8) is 0 Å². The molecule has 0 bridgehead atoms. The Hall–Kier alpha value is -3.14. The quantitative estimate of drug-likeness (QED) is 0.508. The minimum absolute atomic E-state index is 0.257. The Morgan fingerprint density at radius 3 is 2.57 bits per heavy atom. The summed E-state index contributed by atoms with van der Waals surface area (Å²) < 4.78 is 6.42. The van der Waals surface area contributed by atoms with Crippen LogP contribution < -0.4 is 11.1 Å². The topological polar surface area (TPSA) is 102 Å². The van der Waals surface area contributed by atoms with Crippen LogP contribution in [0.15, 0.2) is 48.2 Å². The highest BCUT2D eigenvalue weighted by molar-refractivity contribution is 7.17. The Morgan fingerprint density at radius 1 is 1.03 bits per heavy atom. The predicted molar refractivity (Wildman–Crippen MR) is 119 cm³/mol. The molecule has 0 amide bonds. The van der Waals surface area contributed by atoms with Gasteiger partial charge in [0, 0.05) is 54.2 Å². The van der Waals surface area contributed by atoms with E-state index in [2.05, 4.69) is 49.4 Å². The lowest BCUT2D eigenvalue weighted by atomic mass is 10.1. The second-order valence-corrected chi connectivity index (χ2v) is 8.01. The lowest BCUT2D eigenvalue weighted by Gasteiger charge is -2.26. The molecule has 0 atom stereocenters. The van der Waals surface area contributed by atoms with E-state index >= 15 is 0 Å². The van der Waals surface area contributed by atoms with E-state index in [1.807, 2.05) is 11.6 Å². The average Bonchev–Trinajstić information content (AvgIpc) is 3.20. The fourth-order valence-corrected chi connectivity index (χ4v) is 4.28. The number of nitrogens with zero attached hydrogens (tertiary/aromatic N) is 5. The molecule has 4 heterocycles. The summed E-state index contributed by atoms with van der Waals surface area (Å²) in [5.41, 5.74) is 10.6. The van der Waals surface area contributed by atoms with Gasteiger partial charge < -0.3 is 15.8 Å². The van der Waals surface area contributed by atoms with Crippen molar-refractivity contribution in [1.82, 2.24) is 24.8 Å². The maximum absolute atomic E-state index is 5.60. The molecular formula is C21H21N7OS. The Balaban J connectivity index is 1.33. The van der Waals surface area contributed by atoms with Crippen molar-refractivity contribution in [3.8, 4) is 11.1 Å². The molecule has 5 rings (SSSR count). The molecule has 1 aromatic carbocycles. The highest BCUT2D eigenvalue weighted by Gasteiger charge is 2.12. The summed E-state index contributed by atoms with van der Waals surface area (Å²) in [4.78, 5) is 19.8. The summed E-state index contributed by atoms with van der Waals surface area (Å²) in [6, 6.07) is 8.40. The Morgan fingerprint density at radius 2 is 1.80 bits per heavy atom. The molecule has 0 unspecified atom stereocenters. The van der Waals surface area contributed by atoms with E-state index in [0.29, 0.717) is 5.95 Å². The first kappa shape index (κ1) is 18.9. The highest BCUT2D eigenvalue weighted by atomic mass is 32.1. The van der Waals surface area contributed by atoms with Crippen LogP contribution >= 0.6 is 11.3 Å². The zero-order valence-electron chi connectivity index (χ0n) is 16.3. The van der Waals surface area contributed by atoms with Gasteiger partial charge in [-0.2, -0.15) is 0 Å². The molecule has 0 saturated carbocycles. The zero-order chi connectivity index (χ0) is 20.3. The summed E-state index contributed by atoms with van der Waals surface area (Å²) in [5.74, 6) is 0.812. The van der Waals surface area contributed by atoms with Crippen LogP contribution in [0.1, 0.15) is 5.56 Å². The maximum atomic E-state index is 5.60. The van der Waals surface area contributed by atoms with Gasteiger partial charge in [0.2, 0.25) is 11.9 Å². The second kappa shape index (κ2) is 8.31. The molecule has 0 spiro atoms. The normalized spacial score (nSPS) is 14.8. The first-order chi connectivity index (χ1) is 14.7. The number of benzene rings is 1. The maximum Gasteiger partial charge on any atom is 0.227 e. The first-order valence-electron chi connectivity index (χ1n) is 9.73. The van der Waals surface area contributed by atoms with Gasteiger partial charge in [-0.1, -0.05) is 12.1 Å². The summed E-state index contributed by atoms with van der Waals surface area (Å²) >= 11 is 1.59. The molecule has 1 saturated heterocycles. The van der Waals surface area contributed by atoms with Crippen LogP contribution in [0.4, 0.5) is 17.6 Å². The molecule has 9 heteroatoms. The van der Waals surface area contributed by atoms with Gasteiger partial charge in [-0.25, -0.2) is 19.9 Å². The molecule has 3 N–H and O–H groups in total. The number of fused-ring (bicyclic) bond motifs is 1. The number of morpholine rings is 1. The van der Waals surface area contributed by atoms with E-state index in [1.165, 1.54) is 5.56 Å². The second-order valence-electron chi connectivity index (χ2n) is 7.10. The molecule has 30 heavy (non-hydrogen) atoms. The van der Waals surface area contributed by atoms with Gasteiger partial charge in [0.05, 0.1) is 29.6 Å². The number of nitrogens with two attached hydrogens (primary N) is 1. The number of hydrogen-bond donors (Lipinski definition) is 2. The smallest absolute Gasteiger partial charge is 0.227 e. The summed E-state index contributed by atoms with van der Waals surface area (Å²) in [7, 11) is 0. The number of aromatic nitrogens is 4. The Kier molecular flexibility index (Phi) is 5.22. The zero-order valence-corrected chi connectivity index (χ0v) is 17.1. The lowest BCUT2D eigenvalue weighted by molar-refractivity contribution is 0.0342. The Labute approximate surface area is 177 Å². The molecule has 1 aliphatic rings. The molecule has 4 aromatic rings. The molecular weight excluding hydrogens is 398 g/mol. The van der Waals surface area contributed by atoms with Crippen LogP contribution in [0, 0.1) is 0 Å². The molecule has 1 aliphatic heterocycles. The van der Waals surface area contributed by atoms with Crippen molar-refractivity contribution in [2.24, 2.45) is 0 Å². The van der Waals surface area contributed by atoms with E-state index < -0.39 is 0 Å². The number of anilines is 3. The molecule has 0 radical (unpaired) electrons. The van der Waals surface area contributed by atoms with Crippen molar-refractivity contribution in [2.75, 3.05) is 37.4 Å². The number of rotatable bonds is 5. The van der Waals surface area contributed by atoms with E-state index in [0.717, 1.165) is 59.9 Å². The third-order valence-electron chi connectivity index (χ3n) is 5.02. The number of ether oxygens (including phenoxy) is 1. The van der Waals surface area contributed by atoms with Crippen LogP contribution in [0.5, 0.6) is 0 Å². The van der Waals surface area contributed by atoms with E-state index in [1.54, 1.807) is 23.7 Å². The largest absolute Gasteiger partial charge is 0.379 e. The SMILES string of the molecule is Nc1ncc(-c2csc3cnc(Nc4ccc(CN5CCOCC5)cc4)nc23)cn1. The first-order valence-corrected chi connectivity index (χ1v) is 10.6. The monoisotopic (exact) mass is 419 g/mol. The number of thiophene rings is 1. The van der Waals surface area contributed by atoms with Crippen molar-refractivity contribution in [3.05, 3.63) is 53.8 Å². The van der Waals surface area contributed by atoms with Crippen molar-refractivity contribution < 1.29 is 4.74 Å². The molecule has 3 aromatic heterocycles. The molecule has 1 fully saturated rings. The number of nitrogens with one attached hydrogen (secondary N) is 1. The fourth-order valence-electron chi connectivity index (χ4n) is 3.41. The Bertz CT molecular complexity index is 1140. The lowest BCUT2D eigenvalue weighted by Crippen LogP contribution is -2.35. The van der Waals surface area contributed by atoms with Crippen molar-refractivity contribution in [2.45, 2.75) is 6.54 Å². The highest BCUT2D eigenvalue weighted by Crippen LogP contribution is 2.32. The summed E-state index contributed by atoms with van der Waals surface area (Å²) in [6.45, 7) is 4.53. The summed E-state index contributed by atoms with van der Waals surface area (Å²) in [6.07, 6.45) is 5.27. The van der Waals surface area contributed by atoms with E-state index in [9.17, 15) is 0 Å². The van der Waals surface area contributed by atoms with Gasteiger partial charge in [-0.15, -0.1) is 11.3 Å². The standard InChI is InChI=1S/C21H21N7OS/c22-20-23-9-15(10-24-20)17-13-30-18-11-25-21(27-19(17)18)26-16-3-1-14(2-4-16)12-28-5-7-29-8-6-28/h1-4,9-11,13H,5-8,12H2,(H2,22,23,24)(H,25,26,27). The molecule has 152 valence electrons. The molecule has 8 nitrogen and oxygen atoms in total. The number of hydrogen-bond acceptors (Lipinski definition) is 9. The van der Waals surface area contributed by atoms with Crippen LogP contribution in [0.2, 0.25) is 0 Å². The summed E-state index contributed by atoms with van der Waals surface area (Å²) in [5, 5.41) is 5.34. The molecule has 0 aliphatic carbocycles. The third kappa shape index (κ3) is 4.09. The van der Waals surface area contributed by atoms with Crippen molar-refractivity contribution in [1.29, 1.82) is 0 Å². The number of nitrogen functional groups attached to an aromatic ring is 1. The fraction of sp³-hybridized carbons (Fsp3) is 0.238. The van der Waals surface area contributed by atoms with E-state index in [4.69, 9.17) is 15.5 Å². The van der Waals surface area contributed by atoms with Crippen LogP contribution in [-0.2, 0) is 11.3 Å². The van der Waals surface area contributed by atoms with Crippen molar-refractivity contribution >= 4 is 39.1 Å². The van der Waals surface area contributed by atoms with Gasteiger partial charge in [0.25, 0.3) is 0 Å².